The Morgan fingerprint density at radius 3 is 2.64 bits per heavy atom. The molecule has 1 saturated heterocycles. The predicted octanol–water partition coefficient (Wildman–Crippen LogP) is 2.05. The van der Waals surface area contributed by atoms with Crippen molar-refractivity contribution in [2.75, 3.05) is 32.8 Å². The molecule has 0 atom stereocenters. The summed E-state index contributed by atoms with van der Waals surface area (Å²) in [5.74, 6) is 0. The molecule has 0 aliphatic carbocycles. The van der Waals surface area contributed by atoms with Crippen LogP contribution in [-0.4, -0.2) is 55.9 Å². The van der Waals surface area contributed by atoms with Gasteiger partial charge < -0.3 is 9.72 Å². The van der Waals surface area contributed by atoms with Crippen LogP contribution in [0.2, 0.25) is 0 Å². The lowest BCUT2D eigenvalue weighted by atomic mass is 10.2. The molecule has 1 aliphatic heterocycles. The highest BCUT2D eigenvalue weighted by Gasteiger charge is 2.39. The third kappa shape index (κ3) is 2.66. The number of morpholine rings is 1. The number of nitrogens with zero attached hydrogens (tertiary/aromatic N) is 1. The maximum atomic E-state index is 13.1. The minimum atomic E-state index is -3.43. The molecule has 5 nitrogen and oxygen atoms in total. The van der Waals surface area contributed by atoms with Gasteiger partial charge in [-0.05, 0) is 19.9 Å². The molecule has 1 N–H and O–H groups in total. The fourth-order valence-corrected chi connectivity index (χ4v) is 4.58. The van der Waals surface area contributed by atoms with Crippen LogP contribution in [0.5, 0.6) is 0 Å². The number of ether oxygens (including phenoxy) is 1. The molecule has 2 heterocycles. The summed E-state index contributed by atoms with van der Waals surface area (Å²) in [6.07, 6.45) is 1.61. The average molecular weight is 322 g/mol. The summed E-state index contributed by atoms with van der Waals surface area (Å²) in [6, 6.07) is 7.51. The highest BCUT2D eigenvalue weighted by Crippen LogP contribution is 2.31. The van der Waals surface area contributed by atoms with Crippen LogP contribution < -0.4 is 0 Å². The second-order valence-electron chi connectivity index (χ2n) is 6.35. The number of aromatic nitrogens is 1. The summed E-state index contributed by atoms with van der Waals surface area (Å²) < 4.78 is 30.7. The third-order valence-electron chi connectivity index (χ3n) is 4.28. The fourth-order valence-electron chi connectivity index (χ4n) is 2.95. The highest BCUT2D eigenvalue weighted by molar-refractivity contribution is 7.93. The Labute approximate surface area is 131 Å². The minimum absolute atomic E-state index is 0.390. The largest absolute Gasteiger partial charge is 0.379 e. The first kappa shape index (κ1) is 15.5. The second-order valence-corrected chi connectivity index (χ2v) is 8.90. The number of nitrogens with one attached hydrogen (secondary N) is 1. The van der Waals surface area contributed by atoms with Crippen molar-refractivity contribution in [1.82, 2.24) is 9.88 Å². The van der Waals surface area contributed by atoms with Crippen LogP contribution in [0.1, 0.15) is 13.8 Å². The van der Waals surface area contributed by atoms with Gasteiger partial charge in [-0.15, -0.1) is 0 Å². The van der Waals surface area contributed by atoms with Gasteiger partial charge in [-0.1, -0.05) is 18.2 Å². The van der Waals surface area contributed by atoms with E-state index in [1.54, 1.807) is 20.0 Å². The van der Waals surface area contributed by atoms with Gasteiger partial charge in [0.2, 0.25) is 0 Å². The summed E-state index contributed by atoms with van der Waals surface area (Å²) in [7, 11) is -3.43. The van der Waals surface area contributed by atoms with Gasteiger partial charge >= 0.3 is 0 Å². The van der Waals surface area contributed by atoms with Gasteiger partial charge in [0.15, 0.2) is 9.84 Å². The summed E-state index contributed by atoms with van der Waals surface area (Å²) in [6.45, 7) is 7.03. The van der Waals surface area contributed by atoms with Crippen molar-refractivity contribution in [1.29, 1.82) is 0 Å². The molecule has 2 aromatic rings. The van der Waals surface area contributed by atoms with Gasteiger partial charge in [0.05, 0.1) is 22.9 Å². The third-order valence-corrected chi connectivity index (χ3v) is 6.78. The zero-order valence-corrected chi connectivity index (χ0v) is 13.8. The SMILES string of the molecule is CC(C)(CN1CCOCC1)S(=O)(=O)c1c[nH]c2ccccc12. The lowest BCUT2D eigenvalue weighted by Crippen LogP contribution is -2.48. The molecule has 22 heavy (non-hydrogen) atoms. The molecule has 1 aromatic carbocycles. The van der Waals surface area contributed by atoms with E-state index in [2.05, 4.69) is 9.88 Å². The summed E-state index contributed by atoms with van der Waals surface area (Å²) in [5.41, 5.74) is 0.850. The second kappa shape index (κ2) is 5.68. The molecular formula is C16H22N2O3S. The predicted molar refractivity (Wildman–Crippen MR) is 86.8 cm³/mol. The number of aromatic amines is 1. The van der Waals surface area contributed by atoms with E-state index in [1.165, 1.54) is 0 Å². The van der Waals surface area contributed by atoms with Crippen LogP contribution in [0.25, 0.3) is 10.9 Å². The normalized spacial score (nSPS) is 17.9. The zero-order valence-electron chi connectivity index (χ0n) is 13.0. The van der Waals surface area contributed by atoms with Crippen LogP contribution in [0.4, 0.5) is 0 Å². The number of hydrogen-bond donors (Lipinski definition) is 1. The summed E-state index contributed by atoms with van der Waals surface area (Å²) in [4.78, 5) is 5.61. The van der Waals surface area contributed by atoms with E-state index in [4.69, 9.17) is 4.74 Å². The van der Waals surface area contributed by atoms with Crippen molar-refractivity contribution in [2.24, 2.45) is 0 Å². The lowest BCUT2D eigenvalue weighted by Gasteiger charge is -2.34. The van der Waals surface area contributed by atoms with Gasteiger partial charge in [-0.2, -0.15) is 0 Å². The van der Waals surface area contributed by atoms with Crippen molar-refractivity contribution >= 4 is 20.7 Å². The van der Waals surface area contributed by atoms with E-state index in [1.807, 2.05) is 24.3 Å². The van der Waals surface area contributed by atoms with Gasteiger partial charge in [0.25, 0.3) is 0 Å². The van der Waals surface area contributed by atoms with Crippen molar-refractivity contribution in [3.8, 4) is 0 Å². The standard InChI is InChI=1S/C16H22N2O3S/c1-16(2,12-18-7-9-21-10-8-18)22(19,20)15-11-17-14-6-4-3-5-13(14)15/h3-6,11,17H,7-10,12H2,1-2H3. The van der Waals surface area contributed by atoms with Crippen LogP contribution in [0.3, 0.4) is 0 Å². The number of sulfone groups is 1. The van der Waals surface area contributed by atoms with E-state index in [-0.39, 0.29) is 0 Å². The van der Waals surface area contributed by atoms with Crippen molar-refractivity contribution in [3.05, 3.63) is 30.5 Å². The van der Waals surface area contributed by atoms with Crippen molar-refractivity contribution in [3.63, 3.8) is 0 Å². The van der Waals surface area contributed by atoms with E-state index in [0.717, 1.165) is 24.0 Å². The first-order valence-electron chi connectivity index (χ1n) is 7.53. The number of hydrogen-bond acceptors (Lipinski definition) is 4. The summed E-state index contributed by atoms with van der Waals surface area (Å²) >= 11 is 0. The quantitative estimate of drug-likeness (QED) is 0.936. The number of para-hydroxylation sites is 1. The van der Waals surface area contributed by atoms with Gasteiger partial charge in [-0.3, -0.25) is 4.90 Å². The molecule has 0 radical (unpaired) electrons. The van der Waals surface area contributed by atoms with Crippen molar-refractivity contribution in [2.45, 2.75) is 23.5 Å². The Balaban J connectivity index is 1.93. The molecule has 1 aromatic heterocycles. The molecule has 0 amide bonds. The maximum Gasteiger partial charge on any atom is 0.186 e. The van der Waals surface area contributed by atoms with E-state index >= 15 is 0 Å². The zero-order chi connectivity index (χ0) is 15.8. The maximum absolute atomic E-state index is 13.1. The Hall–Kier alpha value is -1.37. The number of rotatable bonds is 4. The van der Waals surface area contributed by atoms with Crippen LogP contribution >= 0.6 is 0 Å². The molecule has 0 bridgehead atoms. The van der Waals surface area contributed by atoms with E-state index in [0.29, 0.717) is 24.7 Å². The average Bonchev–Trinajstić information content (AvgIpc) is 2.92. The number of fused-ring (bicyclic) bond motifs is 1. The summed E-state index contributed by atoms with van der Waals surface area (Å²) in [5, 5.41) is 0.762. The van der Waals surface area contributed by atoms with Gasteiger partial charge in [0.1, 0.15) is 0 Å². The first-order chi connectivity index (χ1) is 10.4. The molecule has 0 saturated carbocycles. The van der Waals surface area contributed by atoms with Crippen LogP contribution in [0.15, 0.2) is 35.4 Å². The monoisotopic (exact) mass is 322 g/mol. The Kier molecular flexibility index (Phi) is 4.01. The van der Waals surface area contributed by atoms with Crippen LogP contribution in [0, 0.1) is 0 Å². The molecule has 120 valence electrons. The molecule has 0 unspecified atom stereocenters. The highest BCUT2D eigenvalue weighted by atomic mass is 32.2. The lowest BCUT2D eigenvalue weighted by molar-refractivity contribution is 0.0345. The Morgan fingerprint density at radius 2 is 1.91 bits per heavy atom. The van der Waals surface area contributed by atoms with E-state index < -0.39 is 14.6 Å². The smallest absolute Gasteiger partial charge is 0.186 e. The number of H-pyrrole nitrogens is 1. The molecule has 6 heteroatoms. The van der Waals surface area contributed by atoms with Crippen molar-refractivity contribution < 1.29 is 13.2 Å². The minimum Gasteiger partial charge on any atom is -0.379 e. The fraction of sp³-hybridized carbons (Fsp3) is 0.500. The first-order valence-corrected chi connectivity index (χ1v) is 9.01. The van der Waals surface area contributed by atoms with E-state index in [9.17, 15) is 8.42 Å². The van der Waals surface area contributed by atoms with Gasteiger partial charge in [-0.25, -0.2) is 8.42 Å². The molecule has 1 fully saturated rings. The number of benzene rings is 1. The molecule has 0 spiro atoms. The topological polar surface area (TPSA) is 62.4 Å². The molecule has 1 aliphatic rings. The van der Waals surface area contributed by atoms with Gasteiger partial charge in [0, 0.05) is 36.7 Å². The Bertz CT molecular complexity index is 759. The molecular weight excluding hydrogens is 300 g/mol. The Morgan fingerprint density at radius 1 is 1.23 bits per heavy atom. The molecule has 3 rings (SSSR count). The van der Waals surface area contributed by atoms with Crippen LogP contribution in [-0.2, 0) is 14.6 Å².